The summed E-state index contributed by atoms with van der Waals surface area (Å²) in [7, 11) is 1.55. The van der Waals surface area contributed by atoms with Crippen molar-refractivity contribution in [3.05, 3.63) is 58.1 Å². The van der Waals surface area contributed by atoms with Crippen LogP contribution in [0.3, 0.4) is 0 Å². The van der Waals surface area contributed by atoms with Crippen molar-refractivity contribution in [1.82, 2.24) is 0 Å². The summed E-state index contributed by atoms with van der Waals surface area (Å²) in [6, 6.07) is 11.7. The fraction of sp³-hybridized carbons (Fsp3) is 0.235. The molecule has 0 radical (unpaired) electrons. The number of ether oxygens (including phenoxy) is 1. The van der Waals surface area contributed by atoms with Crippen LogP contribution in [0.15, 0.2) is 47.4 Å². The van der Waals surface area contributed by atoms with E-state index in [-0.39, 0.29) is 16.8 Å². The highest BCUT2D eigenvalue weighted by molar-refractivity contribution is 8.00. The van der Waals surface area contributed by atoms with Crippen molar-refractivity contribution in [3.63, 3.8) is 0 Å². The number of hydrogen-bond acceptors (Lipinski definition) is 5. The number of rotatable bonds is 6. The van der Waals surface area contributed by atoms with Crippen LogP contribution in [0.2, 0.25) is 0 Å². The van der Waals surface area contributed by atoms with Gasteiger partial charge in [0.1, 0.15) is 5.75 Å². The number of amides is 1. The zero-order chi connectivity index (χ0) is 17.7. The zero-order valence-corrected chi connectivity index (χ0v) is 14.4. The third kappa shape index (κ3) is 4.48. The van der Waals surface area contributed by atoms with E-state index >= 15 is 0 Å². The number of methoxy groups -OCH3 is 1. The molecule has 0 fully saturated rings. The van der Waals surface area contributed by atoms with Crippen LogP contribution in [0.25, 0.3) is 0 Å². The third-order valence-corrected chi connectivity index (χ3v) is 4.45. The van der Waals surface area contributed by atoms with Gasteiger partial charge in [-0.05, 0) is 43.7 Å². The monoisotopic (exact) mass is 346 g/mol. The molecule has 0 aliphatic heterocycles. The van der Waals surface area contributed by atoms with Crippen molar-refractivity contribution in [2.75, 3.05) is 12.4 Å². The molecule has 0 saturated heterocycles. The number of anilines is 1. The van der Waals surface area contributed by atoms with Gasteiger partial charge in [0, 0.05) is 17.0 Å². The lowest BCUT2D eigenvalue weighted by Crippen LogP contribution is -2.22. The number of nitrogens with zero attached hydrogens (tertiary/aromatic N) is 1. The minimum absolute atomic E-state index is 0.0287. The highest BCUT2D eigenvalue weighted by atomic mass is 32.2. The Morgan fingerprint density at radius 1 is 1.25 bits per heavy atom. The lowest BCUT2D eigenvalue weighted by Gasteiger charge is -2.14. The molecule has 0 heterocycles. The molecule has 1 N–H and O–H groups in total. The lowest BCUT2D eigenvalue weighted by molar-refractivity contribution is -0.384. The Morgan fingerprint density at radius 2 is 1.92 bits per heavy atom. The zero-order valence-electron chi connectivity index (χ0n) is 13.6. The van der Waals surface area contributed by atoms with Gasteiger partial charge in [-0.2, -0.15) is 0 Å². The first-order chi connectivity index (χ1) is 11.4. The summed E-state index contributed by atoms with van der Waals surface area (Å²) >= 11 is 1.33. The predicted molar refractivity (Wildman–Crippen MR) is 94.8 cm³/mol. The molecule has 1 amide bonds. The fourth-order valence-corrected chi connectivity index (χ4v) is 2.93. The minimum Gasteiger partial charge on any atom is -0.495 e. The molecule has 7 heteroatoms. The maximum absolute atomic E-state index is 12.4. The van der Waals surface area contributed by atoms with Gasteiger partial charge in [-0.25, -0.2) is 0 Å². The summed E-state index contributed by atoms with van der Waals surface area (Å²) in [5, 5.41) is 13.2. The largest absolute Gasteiger partial charge is 0.495 e. The Labute approximate surface area is 144 Å². The van der Waals surface area contributed by atoms with E-state index in [0.717, 1.165) is 10.5 Å². The Hall–Kier alpha value is -2.54. The Balaban J connectivity index is 2.04. The smallest absolute Gasteiger partial charge is 0.269 e. The Kier molecular flexibility index (Phi) is 5.81. The second-order valence-corrected chi connectivity index (χ2v) is 6.62. The number of non-ortho nitro benzene ring substituents is 1. The van der Waals surface area contributed by atoms with Crippen molar-refractivity contribution < 1.29 is 14.5 Å². The Bertz CT molecular complexity index is 747. The van der Waals surface area contributed by atoms with E-state index in [2.05, 4.69) is 5.32 Å². The van der Waals surface area contributed by atoms with Crippen molar-refractivity contribution in [2.45, 2.75) is 24.0 Å². The molecule has 24 heavy (non-hydrogen) atoms. The number of nitro groups is 1. The molecule has 2 rings (SSSR count). The van der Waals surface area contributed by atoms with Gasteiger partial charge in [0.15, 0.2) is 0 Å². The fourth-order valence-electron chi connectivity index (χ4n) is 2.06. The average molecular weight is 346 g/mol. The lowest BCUT2D eigenvalue weighted by atomic mass is 10.2. The molecular weight excluding hydrogens is 328 g/mol. The molecule has 0 aliphatic rings. The number of thioether (sulfide) groups is 1. The van der Waals surface area contributed by atoms with E-state index in [1.165, 1.54) is 23.9 Å². The number of carbonyl (C=O) groups is 1. The van der Waals surface area contributed by atoms with E-state index in [1.807, 2.05) is 19.1 Å². The minimum atomic E-state index is -0.450. The highest BCUT2D eigenvalue weighted by Gasteiger charge is 2.17. The van der Waals surface area contributed by atoms with Gasteiger partial charge in [0.2, 0.25) is 5.91 Å². The van der Waals surface area contributed by atoms with E-state index in [9.17, 15) is 14.9 Å². The van der Waals surface area contributed by atoms with Gasteiger partial charge in [0.25, 0.3) is 5.69 Å². The van der Waals surface area contributed by atoms with Crippen LogP contribution in [0.1, 0.15) is 12.5 Å². The van der Waals surface area contributed by atoms with Gasteiger partial charge >= 0.3 is 0 Å². The molecule has 0 bridgehead atoms. The number of nitrogens with one attached hydrogen (secondary N) is 1. The van der Waals surface area contributed by atoms with E-state index in [0.29, 0.717) is 11.4 Å². The van der Waals surface area contributed by atoms with Crippen molar-refractivity contribution in [1.29, 1.82) is 0 Å². The molecule has 6 nitrogen and oxygen atoms in total. The SMILES string of the molecule is COc1ccc(C)cc1NC(=O)C(C)Sc1ccc([N+](=O)[O-])cc1. The van der Waals surface area contributed by atoms with E-state index < -0.39 is 4.92 Å². The van der Waals surface area contributed by atoms with Crippen molar-refractivity contribution in [3.8, 4) is 5.75 Å². The first kappa shape index (κ1) is 17.8. The maximum atomic E-state index is 12.4. The van der Waals surface area contributed by atoms with Gasteiger partial charge in [-0.3, -0.25) is 14.9 Å². The third-order valence-electron chi connectivity index (χ3n) is 3.34. The normalized spacial score (nSPS) is 11.6. The molecule has 0 spiro atoms. The molecule has 0 saturated carbocycles. The standard InChI is InChI=1S/C17H18N2O4S/c1-11-4-9-16(23-3)15(10-11)18-17(20)12(2)24-14-7-5-13(6-8-14)19(21)22/h4-10,12H,1-3H3,(H,18,20). The van der Waals surface area contributed by atoms with Crippen LogP contribution < -0.4 is 10.1 Å². The number of carbonyl (C=O) groups excluding carboxylic acids is 1. The molecule has 2 aromatic carbocycles. The maximum Gasteiger partial charge on any atom is 0.269 e. The summed E-state index contributed by atoms with van der Waals surface area (Å²) in [6.07, 6.45) is 0. The van der Waals surface area contributed by atoms with Gasteiger partial charge in [-0.15, -0.1) is 11.8 Å². The molecular formula is C17H18N2O4S. The van der Waals surface area contributed by atoms with Crippen LogP contribution in [0, 0.1) is 17.0 Å². The van der Waals surface area contributed by atoms with Crippen LogP contribution in [-0.4, -0.2) is 23.2 Å². The summed E-state index contributed by atoms with van der Waals surface area (Å²) in [5.41, 5.74) is 1.67. The van der Waals surface area contributed by atoms with Crippen LogP contribution in [-0.2, 0) is 4.79 Å². The van der Waals surface area contributed by atoms with Crippen LogP contribution in [0.5, 0.6) is 5.75 Å². The summed E-state index contributed by atoms with van der Waals surface area (Å²) < 4.78 is 5.25. The van der Waals surface area contributed by atoms with E-state index in [4.69, 9.17) is 4.74 Å². The first-order valence-corrected chi connectivity index (χ1v) is 8.15. The molecule has 0 aromatic heterocycles. The molecule has 0 aliphatic carbocycles. The topological polar surface area (TPSA) is 81.5 Å². The van der Waals surface area contributed by atoms with E-state index in [1.54, 1.807) is 32.2 Å². The van der Waals surface area contributed by atoms with Crippen molar-refractivity contribution in [2.24, 2.45) is 0 Å². The number of benzene rings is 2. The summed E-state index contributed by atoms with van der Waals surface area (Å²) in [4.78, 5) is 23.4. The summed E-state index contributed by atoms with van der Waals surface area (Å²) in [5.74, 6) is 0.434. The number of nitro benzene ring substituents is 1. The van der Waals surface area contributed by atoms with Gasteiger partial charge in [0.05, 0.1) is 23.0 Å². The van der Waals surface area contributed by atoms with Gasteiger partial charge in [-0.1, -0.05) is 6.07 Å². The van der Waals surface area contributed by atoms with Crippen LogP contribution >= 0.6 is 11.8 Å². The molecule has 1 unspecified atom stereocenters. The van der Waals surface area contributed by atoms with Crippen LogP contribution in [0.4, 0.5) is 11.4 Å². The molecule has 2 aromatic rings. The molecule has 1 atom stereocenters. The Morgan fingerprint density at radius 3 is 2.50 bits per heavy atom. The second-order valence-electron chi connectivity index (χ2n) is 5.20. The number of hydrogen-bond donors (Lipinski definition) is 1. The summed E-state index contributed by atoms with van der Waals surface area (Å²) in [6.45, 7) is 3.72. The average Bonchev–Trinajstić information content (AvgIpc) is 2.55. The quantitative estimate of drug-likeness (QED) is 0.485. The predicted octanol–water partition coefficient (Wildman–Crippen LogP) is 4.03. The number of aryl methyl sites for hydroxylation is 1. The first-order valence-electron chi connectivity index (χ1n) is 7.27. The highest BCUT2D eigenvalue weighted by Crippen LogP contribution is 2.29. The van der Waals surface area contributed by atoms with Crippen molar-refractivity contribution >= 4 is 29.0 Å². The second kappa shape index (κ2) is 7.83. The van der Waals surface area contributed by atoms with Gasteiger partial charge < -0.3 is 10.1 Å². The molecule has 126 valence electrons.